The van der Waals surface area contributed by atoms with Gasteiger partial charge < -0.3 is 10.5 Å². The molecule has 120 valence electrons. The van der Waals surface area contributed by atoms with Crippen LogP contribution in [-0.2, 0) is 4.79 Å². The lowest BCUT2D eigenvalue weighted by Crippen LogP contribution is -2.29. The number of nitrogens with one attached hydrogen (secondary N) is 1. The second-order valence-corrected chi connectivity index (χ2v) is 3.78. The van der Waals surface area contributed by atoms with Crippen molar-refractivity contribution in [3.8, 4) is 0 Å². The zero-order chi connectivity index (χ0) is 17.2. The van der Waals surface area contributed by atoms with Gasteiger partial charge in [-0.25, -0.2) is 5.84 Å². The second kappa shape index (κ2) is 16.5. The van der Waals surface area contributed by atoms with E-state index in [-0.39, 0.29) is 5.91 Å². The van der Waals surface area contributed by atoms with Crippen LogP contribution in [0.5, 0.6) is 0 Å². The Balaban J connectivity index is 0. The van der Waals surface area contributed by atoms with E-state index in [1.54, 1.807) is 18.2 Å². The number of nitrogens with zero attached hydrogens (tertiary/aromatic N) is 1. The molecule has 5 N–H and O–H groups in total. The fraction of sp³-hybridized carbons (Fsp3) is 0.188. The number of aromatic nitrogens is 1. The van der Waals surface area contributed by atoms with Crippen molar-refractivity contribution in [2.45, 2.75) is 12.8 Å². The maximum atomic E-state index is 10.7. The summed E-state index contributed by atoms with van der Waals surface area (Å²) in [5.74, 6) is 4.58. The molecule has 0 unspecified atom stereocenters. The van der Waals surface area contributed by atoms with Crippen LogP contribution in [0.4, 0.5) is 0 Å². The lowest BCUT2D eigenvalue weighted by molar-refractivity contribution is -0.0980. The van der Waals surface area contributed by atoms with E-state index in [4.69, 9.17) is 16.4 Å². The van der Waals surface area contributed by atoms with Crippen LogP contribution >= 0.6 is 0 Å². The van der Waals surface area contributed by atoms with Gasteiger partial charge in [0.1, 0.15) is 6.79 Å². The molecule has 0 atom stereocenters. The maximum absolute atomic E-state index is 10.7. The Morgan fingerprint density at radius 1 is 1.27 bits per heavy atom. The van der Waals surface area contributed by atoms with E-state index in [0.29, 0.717) is 5.56 Å². The van der Waals surface area contributed by atoms with Gasteiger partial charge in [-0.1, -0.05) is 31.4 Å². The molecular formula is C16H24N4O2. The molecule has 6 heteroatoms. The van der Waals surface area contributed by atoms with E-state index in [1.807, 2.05) is 24.4 Å². The number of nitrogen functional groups attached to an aromatic ring is 1. The molecule has 22 heavy (non-hydrogen) atoms. The largest absolute Gasteiger partial charge is 0.330 e. The molecule has 1 aromatic rings. The molecule has 0 radical (unpaired) electrons. The number of rotatable bonds is 6. The smallest absolute Gasteiger partial charge is 0.265 e. The van der Waals surface area contributed by atoms with Crippen LogP contribution in [0.3, 0.4) is 0 Å². The fourth-order valence-corrected chi connectivity index (χ4v) is 1.30. The molecule has 1 rings (SSSR count). The molecule has 0 spiro atoms. The summed E-state index contributed by atoms with van der Waals surface area (Å²) in [5, 5.41) is 0. The minimum atomic E-state index is -0.303. The Morgan fingerprint density at radius 2 is 1.86 bits per heavy atom. The predicted octanol–water partition coefficient (Wildman–Crippen LogP) is 1.52. The van der Waals surface area contributed by atoms with Crippen LogP contribution in [0.2, 0.25) is 0 Å². The SMILES string of the molecule is C=C/C=C(\C=C)CCCN.C=O.NNC(=O)c1ccncc1. The number of hydrazine groups is 1. The number of carbonyl (C=O) groups is 2. The van der Waals surface area contributed by atoms with E-state index in [1.165, 1.54) is 18.0 Å². The topological polar surface area (TPSA) is 111 Å². The number of amides is 1. The molecule has 1 heterocycles. The molecule has 0 aromatic carbocycles. The van der Waals surface area contributed by atoms with Gasteiger partial charge in [0.25, 0.3) is 5.91 Å². The minimum Gasteiger partial charge on any atom is -0.330 e. The maximum Gasteiger partial charge on any atom is 0.265 e. The van der Waals surface area contributed by atoms with Gasteiger partial charge >= 0.3 is 0 Å². The molecule has 0 bridgehead atoms. The number of pyridine rings is 1. The zero-order valence-corrected chi connectivity index (χ0v) is 12.7. The number of nitrogens with two attached hydrogens (primary N) is 2. The van der Waals surface area contributed by atoms with Gasteiger partial charge in [0.15, 0.2) is 0 Å². The third-order valence-corrected chi connectivity index (χ3v) is 2.34. The van der Waals surface area contributed by atoms with Crippen molar-refractivity contribution in [3.63, 3.8) is 0 Å². The summed E-state index contributed by atoms with van der Waals surface area (Å²) in [7, 11) is 0. The first-order valence-corrected chi connectivity index (χ1v) is 6.53. The van der Waals surface area contributed by atoms with Crippen LogP contribution in [0.25, 0.3) is 0 Å². The molecular weight excluding hydrogens is 280 g/mol. The van der Waals surface area contributed by atoms with Crippen LogP contribution in [0.1, 0.15) is 23.2 Å². The van der Waals surface area contributed by atoms with Gasteiger partial charge in [-0.3, -0.25) is 15.2 Å². The zero-order valence-electron chi connectivity index (χ0n) is 12.7. The summed E-state index contributed by atoms with van der Waals surface area (Å²) in [6, 6.07) is 3.17. The van der Waals surface area contributed by atoms with Crippen molar-refractivity contribution in [3.05, 3.63) is 67.0 Å². The van der Waals surface area contributed by atoms with Crippen molar-refractivity contribution in [1.29, 1.82) is 0 Å². The Bertz CT molecular complexity index is 458. The van der Waals surface area contributed by atoms with Crippen LogP contribution < -0.4 is 17.0 Å². The third kappa shape index (κ3) is 11.3. The summed E-state index contributed by atoms with van der Waals surface area (Å²) in [5.41, 5.74) is 9.08. The summed E-state index contributed by atoms with van der Waals surface area (Å²) in [6.45, 7) is 10.0. The monoisotopic (exact) mass is 304 g/mol. The fourth-order valence-electron chi connectivity index (χ4n) is 1.30. The quantitative estimate of drug-likeness (QED) is 0.319. The highest BCUT2D eigenvalue weighted by Crippen LogP contribution is 2.04. The van der Waals surface area contributed by atoms with Gasteiger partial charge in [0.2, 0.25) is 0 Å². The Labute approximate surface area is 131 Å². The molecule has 0 fully saturated rings. The van der Waals surface area contributed by atoms with Crippen molar-refractivity contribution < 1.29 is 9.59 Å². The second-order valence-electron chi connectivity index (χ2n) is 3.78. The average Bonchev–Trinajstić information content (AvgIpc) is 2.61. The summed E-state index contributed by atoms with van der Waals surface area (Å²) >= 11 is 0. The first-order chi connectivity index (χ1) is 10.7. The van der Waals surface area contributed by atoms with E-state index in [0.717, 1.165) is 19.4 Å². The molecule has 0 aliphatic heterocycles. The standard InChI is InChI=1S/C9H15N.C6H7N3O.CH2O/c1-3-6-9(4-2)7-5-8-10;7-9-6(10)5-1-3-8-4-2-5;1-2/h3-4,6H,1-2,5,7-8,10H2;1-4H,7H2,(H,9,10);1H2/b9-6+;;. The highest BCUT2D eigenvalue weighted by molar-refractivity contribution is 5.93. The van der Waals surface area contributed by atoms with E-state index in [9.17, 15) is 4.79 Å². The van der Waals surface area contributed by atoms with Crippen LogP contribution in [0.15, 0.2) is 61.5 Å². The van der Waals surface area contributed by atoms with Crippen LogP contribution in [0, 0.1) is 0 Å². The van der Waals surface area contributed by atoms with Gasteiger partial charge in [0, 0.05) is 18.0 Å². The molecule has 0 saturated heterocycles. The molecule has 0 aliphatic rings. The van der Waals surface area contributed by atoms with Gasteiger partial charge in [0.05, 0.1) is 0 Å². The van der Waals surface area contributed by atoms with Gasteiger partial charge in [-0.05, 0) is 37.1 Å². The molecule has 1 aromatic heterocycles. The molecule has 0 saturated carbocycles. The highest BCUT2D eigenvalue weighted by atomic mass is 16.2. The normalized spacial score (nSPS) is 9.27. The lowest BCUT2D eigenvalue weighted by atomic mass is 10.1. The number of carbonyl (C=O) groups excluding carboxylic acids is 2. The van der Waals surface area contributed by atoms with Crippen molar-refractivity contribution in [2.24, 2.45) is 11.6 Å². The molecule has 1 amide bonds. The lowest BCUT2D eigenvalue weighted by Gasteiger charge is -1.96. The third-order valence-electron chi connectivity index (χ3n) is 2.34. The Morgan fingerprint density at radius 3 is 2.27 bits per heavy atom. The first-order valence-electron chi connectivity index (χ1n) is 6.53. The average molecular weight is 304 g/mol. The first kappa shape index (κ1) is 21.7. The minimum absolute atomic E-state index is 0.303. The summed E-state index contributed by atoms with van der Waals surface area (Å²) < 4.78 is 0. The number of allylic oxidation sites excluding steroid dienone is 4. The summed E-state index contributed by atoms with van der Waals surface area (Å²) in [6.07, 6.45) is 10.7. The van der Waals surface area contributed by atoms with Crippen molar-refractivity contribution >= 4 is 12.7 Å². The van der Waals surface area contributed by atoms with E-state index in [2.05, 4.69) is 18.1 Å². The van der Waals surface area contributed by atoms with Crippen molar-refractivity contribution in [2.75, 3.05) is 6.54 Å². The van der Waals surface area contributed by atoms with Gasteiger partial charge in [-0.15, -0.1) is 0 Å². The highest BCUT2D eigenvalue weighted by Gasteiger charge is 1.99. The van der Waals surface area contributed by atoms with Gasteiger partial charge in [-0.2, -0.15) is 0 Å². The van der Waals surface area contributed by atoms with Crippen LogP contribution in [-0.4, -0.2) is 24.2 Å². The summed E-state index contributed by atoms with van der Waals surface area (Å²) in [4.78, 5) is 22.5. The van der Waals surface area contributed by atoms with Crippen molar-refractivity contribution in [1.82, 2.24) is 10.4 Å². The number of hydrogen-bond donors (Lipinski definition) is 3. The molecule has 0 aliphatic carbocycles. The predicted molar refractivity (Wildman–Crippen MR) is 89.8 cm³/mol. The van der Waals surface area contributed by atoms with E-state index < -0.39 is 0 Å². The Kier molecular flexibility index (Phi) is 16.3. The molecule has 6 nitrogen and oxygen atoms in total. The number of hydrogen-bond acceptors (Lipinski definition) is 5. The Hall–Kier alpha value is -2.57. The van der Waals surface area contributed by atoms with E-state index >= 15 is 0 Å².